The molecule has 3 N–H and O–H groups in total. The van der Waals surface area contributed by atoms with Gasteiger partial charge >= 0.3 is 0 Å². The number of hydrogen-bond acceptors (Lipinski definition) is 2. The standard InChI is InChI=1S/C5H9N3.C4H10/c1-3-4(2)8-5(6)7-3;1-3-4-2/h1-2H3,(H3,6,7,8);3-4H2,1-2H3. The second-order valence-corrected chi connectivity index (χ2v) is 2.83. The normalized spacial score (nSPS) is 9.00. The molecule has 0 aliphatic heterocycles. The molecule has 3 heteroatoms. The summed E-state index contributed by atoms with van der Waals surface area (Å²) in [5.74, 6) is 0.500. The van der Waals surface area contributed by atoms with E-state index in [0.29, 0.717) is 5.95 Å². The predicted octanol–water partition coefficient (Wildman–Crippen LogP) is 2.42. The van der Waals surface area contributed by atoms with Gasteiger partial charge in [-0.05, 0) is 13.8 Å². The minimum absolute atomic E-state index is 0.500. The number of nitrogen functional groups attached to an aromatic ring is 1. The third-order valence-electron chi connectivity index (χ3n) is 1.65. The molecule has 12 heavy (non-hydrogen) atoms. The van der Waals surface area contributed by atoms with Gasteiger partial charge in [0.25, 0.3) is 0 Å². The fourth-order valence-corrected chi connectivity index (χ4v) is 0.575. The Hall–Kier alpha value is -0.990. The molecule has 0 amide bonds. The number of nitrogens with two attached hydrogens (primary N) is 1. The lowest BCUT2D eigenvalue weighted by Crippen LogP contribution is -1.84. The first-order valence-corrected chi connectivity index (χ1v) is 4.40. The molecule has 0 aromatic carbocycles. The van der Waals surface area contributed by atoms with Crippen LogP contribution in [0.25, 0.3) is 0 Å². The molecular formula is C9H19N3. The second-order valence-electron chi connectivity index (χ2n) is 2.83. The lowest BCUT2D eigenvalue weighted by atomic mass is 10.4. The van der Waals surface area contributed by atoms with E-state index in [0.717, 1.165) is 11.4 Å². The van der Waals surface area contributed by atoms with Crippen LogP contribution in [0.2, 0.25) is 0 Å². The Balaban J connectivity index is 0.000000261. The molecule has 0 saturated heterocycles. The highest BCUT2D eigenvalue weighted by atomic mass is 15.0. The highest BCUT2D eigenvalue weighted by Gasteiger charge is 1.94. The molecule has 1 heterocycles. The van der Waals surface area contributed by atoms with Crippen molar-refractivity contribution in [1.29, 1.82) is 0 Å². The predicted molar refractivity (Wildman–Crippen MR) is 53.1 cm³/mol. The maximum absolute atomic E-state index is 5.31. The number of H-pyrrole nitrogens is 1. The zero-order chi connectivity index (χ0) is 9.56. The average molecular weight is 169 g/mol. The van der Waals surface area contributed by atoms with Crippen molar-refractivity contribution in [2.75, 3.05) is 5.73 Å². The minimum Gasteiger partial charge on any atom is -0.369 e. The number of anilines is 1. The van der Waals surface area contributed by atoms with Crippen LogP contribution < -0.4 is 5.73 Å². The lowest BCUT2D eigenvalue weighted by Gasteiger charge is -1.78. The summed E-state index contributed by atoms with van der Waals surface area (Å²) >= 11 is 0. The number of nitrogens with zero attached hydrogens (tertiary/aromatic N) is 1. The summed E-state index contributed by atoms with van der Waals surface area (Å²) in [4.78, 5) is 6.81. The van der Waals surface area contributed by atoms with Crippen LogP contribution in [0.4, 0.5) is 5.95 Å². The Kier molecular flexibility index (Phi) is 5.17. The van der Waals surface area contributed by atoms with Crippen LogP contribution >= 0.6 is 0 Å². The minimum atomic E-state index is 0.500. The first-order chi connectivity index (χ1) is 5.61. The number of aryl methyl sites for hydroxylation is 2. The smallest absolute Gasteiger partial charge is 0.197 e. The third-order valence-corrected chi connectivity index (χ3v) is 1.65. The van der Waals surface area contributed by atoms with Gasteiger partial charge in [-0.15, -0.1) is 0 Å². The lowest BCUT2D eigenvalue weighted by molar-refractivity contribution is 0.886. The van der Waals surface area contributed by atoms with E-state index >= 15 is 0 Å². The van der Waals surface area contributed by atoms with Crippen molar-refractivity contribution < 1.29 is 0 Å². The van der Waals surface area contributed by atoms with Crippen molar-refractivity contribution in [3.63, 3.8) is 0 Å². The fourth-order valence-electron chi connectivity index (χ4n) is 0.575. The van der Waals surface area contributed by atoms with Gasteiger partial charge in [0.1, 0.15) is 0 Å². The highest BCUT2D eigenvalue weighted by molar-refractivity contribution is 5.23. The quantitative estimate of drug-likeness (QED) is 0.678. The van der Waals surface area contributed by atoms with Crippen molar-refractivity contribution in [3.8, 4) is 0 Å². The highest BCUT2D eigenvalue weighted by Crippen LogP contribution is 2.01. The van der Waals surface area contributed by atoms with Gasteiger partial charge < -0.3 is 10.7 Å². The number of hydrogen-bond donors (Lipinski definition) is 2. The molecule has 1 aromatic heterocycles. The molecule has 0 spiro atoms. The molecule has 1 aromatic rings. The van der Waals surface area contributed by atoms with Gasteiger partial charge in [0.2, 0.25) is 0 Å². The van der Waals surface area contributed by atoms with Crippen LogP contribution in [0.3, 0.4) is 0 Å². The van der Waals surface area contributed by atoms with E-state index in [1.165, 1.54) is 12.8 Å². The first kappa shape index (κ1) is 11.0. The Morgan fingerprint density at radius 2 is 1.75 bits per heavy atom. The van der Waals surface area contributed by atoms with Crippen LogP contribution in [0.1, 0.15) is 38.1 Å². The molecule has 0 aliphatic carbocycles. The monoisotopic (exact) mass is 169 g/mol. The number of aromatic amines is 1. The zero-order valence-electron chi connectivity index (χ0n) is 8.44. The topological polar surface area (TPSA) is 54.7 Å². The first-order valence-electron chi connectivity index (χ1n) is 4.40. The van der Waals surface area contributed by atoms with Gasteiger partial charge in [-0.1, -0.05) is 26.7 Å². The third kappa shape index (κ3) is 4.01. The summed E-state index contributed by atoms with van der Waals surface area (Å²) in [6.07, 6.45) is 2.64. The van der Waals surface area contributed by atoms with Crippen molar-refractivity contribution in [1.82, 2.24) is 9.97 Å². The van der Waals surface area contributed by atoms with Crippen molar-refractivity contribution in [3.05, 3.63) is 11.4 Å². The molecule has 0 bridgehead atoms. The SMILES string of the molecule is CCCC.Cc1nc(N)[nH]c1C. The summed E-state index contributed by atoms with van der Waals surface area (Å²) in [6.45, 7) is 8.22. The maximum Gasteiger partial charge on any atom is 0.197 e. The van der Waals surface area contributed by atoms with Crippen LogP contribution in [-0.4, -0.2) is 9.97 Å². The van der Waals surface area contributed by atoms with Gasteiger partial charge in [-0.3, -0.25) is 0 Å². The number of unbranched alkanes of at least 4 members (excludes halogenated alkanes) is 1. The van der Waals surface area contributed by atoms with Crippen molar-refractivity contribution in [2.24, 2.45) is 0 Å². The number of aromatic nitrogens is 2. The van der Waals surface area contributed by atoms with E-state index in [1.54, 1.807) is 0 Å². The van der Waals surface area contributed by atoms with E-state index in [9.17, 15) is 0 Å². The van der Waals surface area contributed by atoms with Crippen molar-refractivity contribution >= 4 is 5.95 Å². The largest absolute Gasteiger partial charge is 0.369 e. The van der Waals surface area contributed by atoms with Crippen molar-refractivity contribution in [2.45, 2.75) is 40.5 Å². The molecule has 0 fully saturated rings. The van der Waals surface area contributed by atoms with Gasteiger partial charge in [0.15, 0.2) is 5.95 Å². The zero-order valence-corrected chi connectivity index (χ0v) is 8.44. The summed E-state index contributed by atoms with van der Waals surface area (Å²) < 4.78 is 0. The molecule has 0 radical (unpaired) electrons. The Morgan fingerprint density at radius 3 is 1.83 bits per heavy atom. The van der Waals surface area contributed by atoms with Crippen LogP contribution in [0, 0.1) is 13.8 Å². The molecule has 3 nitrogen and oxygen atoms in total. The van der Waals surface area contributed by atoms with E-state index < -0.39 is 0 Å². The number of nitrogens with one attached hydrogen (secondary N) is 1. The van der Waals surface area contributed by atoms with Crippen LogP contribution in [-0.2, 0) is 0 Å². The number of imidazole rings is 1. The molecule has 0 saturated carbocycles. The Bertz CT molecular complexity index is 194. The summed E-state index contributed by atoms with van der Waals surface area (Å²) in [5, 5.41) is 0. The molecule has 0 aliphatic rings. The van der Waals surface area contributed by atoms with E-state index in [4.69, 9.17) is 5.73 Å². The molecule has 70 valence electrons. The maximum atomic E-state index is 5.31. The van der Waals surface area contributed by atoms with Gasteiger partial charge in [-0.2, -0.15) is 0 Å². The molecule has 1 rings (SSSR count). The Labute approximate surface area is 74.4 Å². The van der Waals surface area contributed by atoms with Crippen LogP contribution in [0.5, 0.6) is 0 Å². The van der Waals surface area contributed by atoms with E-state index in [-0.39, 0.29) is 0 Å². The van der Waals surface area contributed by atoms with Gasteiger partial charge in [0, 0.05) is 5.69 Å². The van der Waals surface area contributed by atoms with E-state index in [1.807, 2.05) is 13.8 Å². The van der Waals surface area contributed by atoms with Gasteiger partial charge in [0.05, 0.1) is 5.69 Å². The average Bonchev–Trinajstić information content (AvgIpc) is 2.30. The summed E-state index contributed by atoms with van der Waals surface area (Å²) in [7, 11) is 0. The summed E-state index contributed by atoms with van der Waals surface area (Å²) in [6, 6.07) is 0. The molecular weight excluding hydrogens is 150 g/mol. The fraction of sp³-hybridized carbons (Fsp3) is 0.667. The summed E-state index contributed by atoms with van der Waals surface area (Å²) in [5.41, 5.74) is 7.33. The Morgan fingerprint density at radius 1 is 1.25 bits per heavy atom. The second kappa shape index (κ2) is 5.63. The molecule has 0 unspecified atom stereocenters. The van der Waals surface area contributed by atoms with E-state index in [2.05, 4.69) is 23.8 Å². The van der Waals surface area contributed by atoms with Gasteiger partial charge in [-0.25, -0.2) is 4.98 Å². The van der Waals surface area contributed by atoms with Crippen LogP contribution in [0.15, 0.2) is 0 Å². The number of rotatable bonds is 1. The molecule has 0 atom stereocenters.